The molecule has 74 valence electrons. The summed E-state index contributed by atoms with van der Waals surface area (Å²) in [6, 6.07) is 5.40. The smallest absolute Gasteiger partial charge is 0.244 e. The standard InChI is InChI=1S/C8H9N3OS2/c12-7(10-11-8(13)14)5-6-3-1-2-4-9-6/h1-4H,5H2,(H,10,12)(H2,11,13,14). The SMILES string of the molecule is O=C(Cc1ccccn1)NNC(=S)S. The summed E-state index contributed by atoms with van der Waals surface area (Å²) in [5.41, 5.74) is 5.52. The fraction of sp³-hybridized carbons (Fsp3) is 0.125. The number of pyridine rings is 1. The van der Waals surface area contributed by atoms with Gasteiger partial charge in [0.1, 0.15) is 4.32 Å². The molecule has 4 nitrogen and oxygen atoms in total. The first-order chi connectivity index (χ1) is 6.68. The third kappa shape index (κ3) is 4.20. The Bertz CT molecular complexity index is 329. The first-order valence-corrected chi connectivity index (χ1v) is 4.71. The maximum Gasteiger partial charge on any atom is 0.244 e. The summed E-state index contributed by atoms with van der Waals surface area (Å²) in [7, 11) is 0. The van der Waals surface area contributed by atoms with E-state index in [-0.39, 0.29) is 16.6 Å². The summed E-state index contributed by atoms with van der Waals surface area (Å²) >= 11 is 8.39. The van der Waals surface area contributed by atoms with Crippen LogP contribution in [0.25, 0.3) is 0 Å². The number of hydrogen-bond donors (Lipinski definition) is 3. The van der Waals surface area contributed by atoms with Gasteiger partial charge < -0.3 is 0 Å². The molecule has 0 aliphatic heterocycles. The van der Waals surface area contributed by atoms with Crippen molar-refractivity contribution in [2.24, 2.45) is 0 Å². The van der Waals surface area contributed by atoms with Crippen LogP contribution in [0.4, 0.5) is 0 Å². The number of carbonyl (C=O) groups is 1. The van der Waals surface area contributed by atoms with Crippen molar-refractivity contribution in [3.8, 4) is 0 Å². The lowest BCUT2D eigenvalue weighted by molar-refractivity contribution is -0.121. The Balaban J connectivity index is 2.38. The lowest BCUT2D eigenvalue weighted by Gasteiger charge is -2.04. The summed E-state index contributed by atoms with van der Waals surface area (Å²) in [5, 5.41) is 0. The van der Waals surface area contributed by atoms with E-state index >= 15 is 0 Å². The molecule has 0 aliphatic rings. The van der Waals surface area contributed by atoms with Crippen molar-refractivity contribution in [2.75, 3.05) is 0 Å². The van der Waals surface area contributed by atoms with E-state index < -0.39 is 0 Å². The first-order valence-electron chi connectivity index (χ1n) is 3.86. The van der Waals surface area contributed by atoms with Crippen molar-refractivity contribution >= 4 is 35.1 Å². The zero-order valence-corrected chi connectivity index (χ0v) is 8.94. The molecule has 1 heterocycles. The fourth-order valence-corrected chi connectivity index (χ4v) is 0.941. The highest BCUT2D eigenvalue weighted by atomic mass is 32.1. The molecule has 1 rings (SSSR count). The van der Waals surface area contributed by atoms with Crippen LogP contribution in [0, 0.1) is 0 Å². The highest BCUT2D eigenvalue weighted by Gasteiger charge is 2.02. The van der Waals surface area contributed by atoms with Gasteiger partial charge >= 0.3 is 0 Å². The minimum absolute atomic E-state index is 0.208. The Morgan fingerprint density at radius 1 is 1.50 bits per heavy atom. The van der Waals surface area contributed by atoms with Crippen LogP contribution in [-0.4, -0.2) is 15.2 Å². The molecule has 1 aromatic heterocycles. The van der Waals surface area contributed by atoms with Crippen molar-refractivity contribution in [1.29, 1.82) is 0 Å². The normalized spacial score (nSPS) is 9.21. The molecule has 14 heavy (non-hydrogen) atoms. The Morgan fingerprint density at radius 3 is 2.86 bits per heavy atom. The average Bonchev–Trinajstić information content (AvgIpc) is 2.16. The van der Waals surface area contributed by atoms with Crippen LogP contribution in [-0.2, 0) is 11.2 Å². The number of hydrogen-bond acceptors (Lipinski definition) is 3. The van der Waals surface area contributed by atoms with Gasteiger partial charge in [0.2, 0.25) is 5.91 Å². The monoisotopic (exact) mass is 227 g/mol. The van der Waals surface area contributed by atoms with Crippen molar-refractivity contribution < 1.29 is 4.79 Å². The minimum atomic E-state index is -0.208. The van der Waals surface area contributed by atoms with E-state index in [0.29, 0.717) is 5.69 Å². The third-order valence-electron chi connectivity index (χ3n) is 1.38. The Kier molecular flexibility index (Phi) is 4.34. The quantitative estimate of drug-likeness (QED) is 0.390. The van der Waals surface area contributed by atoms with Crippen molar-refractivity contribution in [3.05, 3.63) is 30.1 Å². The molecule has 0 unspecified atom stereocenters. The van der Waals surface area contributed by atoms with Crippen molar-refractivity contribution in [3.63, 3.8) is 0 Å². The molecule has 0 spiro atoms. The number of amides is 1. The van der Waals surface area contributed by atoms with Crippen LogP contribution in [0.1, 0.15) is 5.69 Å². The van der Waals surface area contributed by atoms with Gasteiger partial charge in [0.15, 0.2) is 0 Å². The van der Waals surface area contributed by atoms with E-state index in [2.05, 4.69) is 40.7 Å². The number of carbonyl (C=O) groups excluding carboxylic acids is 1. The van der Waals surface area contributed by atoms with Crippen LogP contribution < -0.4 is 10.9 Å². The molecule has 6 heteroatoms. The van der Waals surface area contributed by atoms with E-state index in [9.17, 15) is 4.79 Å². The Hall–Kier alpha value is -1.14. The first kappa shape index (κ1) is 10.9. The van der Waals surface area contributed by atoms with Crippen LogP contribution in [0.3, 0.4) is 0 Å². The molecule has 0 saturated carbocycles. The molecule has 0 radical (unpaired) electrons. The van der Waals surface area contributed by atoms with E-state index in [1.807, 2.05) is 6.07 Å². The van der Waals surface area contributed by atoms with Gasteiger partial charge in [0.25, 0.3) is 0 Å². The topological polar surface area (TPSA) is 54.0 Å². The van der Waals surface area contributed by atoms with Gasteiger partial charge in [-0.1, -0.05) is 18.3 Å². The second kappa shape index (κ2) is 5.56. The van der Waals surface area contributed by atoms with Crippen LogP contribution in [0.5, 0.6) is 0 Å². The predicted octanol–water partition coefficient (Wildman–Crippen LogP) is 0.460. The van der Waals surface area contributed by atoms with Gasteiger partial charge in [0.05, 0.1) is 6.42 Å². The Morgan fingerprint density at radius 2 is 2.29 bits per heavy atom. The van der Waals surface area contributed by atoms with Crippen LogP contribution in [0.15, 0.2) is 24.4 Å². The summed E-state index contributed by atoms with van der Waals surface area (Å²) in [6.07, 6.45) is 1.85. The molecule has 0 bridgehead atoms. The lowest BCUT2D eigenvalue weighted by Crippen LogP contribution is -2.39. The van der Waals surface area contributed by atoms with Gasteiger partial charge in [-0.15, -0.1) is 12.6 Å². The zero-order chi connectivity index (χ0) is 10.4. The molecule has 0 fully saturated rings. The largest absolute Gasteiger partial charge is 0.283 e. The van der Waals surface area contributed by atoms with E-state index in [1.54, 1.807) is 18.3 Å². The number of hydrazine groups is 1. The molecule has 0 saturated heterocycles. The van der Waals surface area contributed by atoms with Gasteiger partial charge in [-0.05, 0) is 12.1 Å². The zero-order valence-electron chi connectivity index (χ0n) is 7.23. The molecule has 0 aromatic carbocycles. The highest BCUT2D eigenvalue weighted by molar-refractivity contribution is 8.11. The number of thiocarbonyl (C=S) groups is 1. The van der Waals surface area contributed by atoms with Crippen molar-refractivity contribution in [1.82, 2.24) is 15.8 Å². The van der Waals surface area contributed by atoms with Gasteiger partial charge in [-0.25, -0.2) is 0 Å². The molecule has 1 amide bonds. The van der Waals surface area contributed by atoms with Gasteiger partial charge in [-0.2, -0.15) is 0 Å². The van der Waals surface area contributed by atoms with Crippen molar-refractivity contribution in [2.45, 2.75) is 6.42 Å². The molecular weight excluding hydrogens is 218 g/mol. The molecule has 0 atom stereocenters. The maximum atomic E-state index is 11.2. The van der Waals surface area contributed by atoms with Crippen LogP contribution >= 0.6 is 24.8 Å². The van der Waals surface area contributed by atoms with E-state index in [0.717, 1.165) is 0 Å². The molecular formula is C8H9N3OS2. The molecule has 2 N–H and O–H groups in total. The summed E-state index contributed by atoms with van der Waals surface area (Å²) in [6.45, 7) is 0. The fourth-order valence-electron chi connectivity index (χ4n) is 0.835. The third-order valence-corrected chi connectivity index (χ3v) is 1.59. The number of rotatable bonds is 2. The van der Waals surface area contributed by atoms with E-state index in [4.69, 9.17) is 0 Å². The number of nitrogens with one attached hydrogen (secondary N) is 2. The molecule has 0 aliphatic carbocycles. The lowest BCUT2D eigenvalue weighted by atomic mass is 10.3. The second-order valence-corrected chi connectivity index (χ2v) is 3.63. The number of aromatic nitrogens is 1. The van der Waals surface area contributed by atoms with Gasteiger partial charge in [0, 0.05) is 11.9 Å². The second-order valence-electron chi connectivity index (χ2n) is 2.48. The summed E-state index contributed by atoms with van der Waals surface area (Å²) < 4.78 is 0.222. The Labute approximate surface area is 92.5 Å². The van der Waals surface area contributed by atoms with E-state index in [1.165, 1.54) is 0 Å². The summed E-state index contributed by atoms with van der Waals surface area (Å²) in [4.78, 5) is 15.2. The number of thiol groups is 1. The molecule has 1 aromatic rings. The van der Waals surface area contributed by atoms with Crippen LogP contribution in [0.2, 0.25) is 0 Å². The highest BCUT2D eigenvalue weighted by Crippen LogP contribution is 1.93. The van der Waals surface area contributed by atoms with Gasteiger partial charge in [-0.3, -0.25) is 20.6 Å². The average molecular weight is 227 g/mol. The summed E-state index contributed by atoms with van der Waals surface area (Å²) in [5.74, 6) is -0.208. The maximum absolute atomic E-state index is 11.2. The number of nitrogens with zero attached hydrogens (tertiary/aromatic N) is 1. The minimum Gasteiger partial charge on any atom is -0.283 e. The predicted molar refractivity (Wildman–Crippen MR) is 60.8 cm³/mol.